The molecule has 2 heterocycles. The van der Waals surface area contributed by atoms with Crippen LogP contribution in [0.25, 0.3) is 0 Å². The number of anilines is 1. The smallest absolute Gasteiger partial charge is 0.328 e. The van der Waals surface area contributed by atoms with E-state index < -0.39 is 0 Å². The molecule has 0 spiro atoms. The molecule has 0 atom stereocenters. The van der Waals surface area contributed by atoms with Crippen LogP contribution in [0.15, 0.2) is 24.3 Å². The number of nitriles is 1. The second-order valence-corrected chi connectivity index (χ2v) is 6.87. The summed E-state index contributed by atoms with van der Waals surface area (Å²) in [6.07, 6.45) is 0. The zero-order valence-corrected chi connectivity index (χ0v) is 16.4. The molecule has 8 nitrogen and oxygen atoms in total. The van der Waals surface area contributed by atoms with E-state index in [1.54, 1.807) is 24.3 Å². The Morgan fingerprint density at radius 3 is 2.59 bits per heavy atom. The van der Waals surface area contributed by atoms with Crippen molar-refractivity contribution in [1.82, 2.24) is 19.3 Å². The molecule has 0 aliphatic rings. The topological polar surface area (TPSA) is 106 Å². The lowest BCUT2D eigenvalue weighted by Crippen LogP contribution is -2.13. The minimum atomic E-state index is 0.00789. The van der Waals surface area contributed by atoms with Crippen LogP contribution in [0.4, 0.5) is 5.95 Å². The summed E-state index contributed by atoms with van der Waals surface area (Å²) in [5.41, 5.74) is 0.182. The Hall–Kier alpha value is -2.67. The van der Waals surface area contributed by atoms with Crippen LogP contribution in [0.1, 0.15) is 19.4 Å². The molecule has 0 saturated carbocycles. The van der Waals surface area contributed by atoms with Crippen LogP contribution >= 0.6 is 34.7 Å². The molecule has 27 heavy (non-hydrogen) atoms. The zero-order chi connectivity index (χ0) is 19.4. The SMILES string of the molecule is CC(C)Nc1nc(Cl)nc(Oc2cccc(Oc3snc(Cl)c3C#N)c2)n1. The van der Waals surface area contributed by atoms with E-state index >= 15 is 0 Å². The predicted molar refractivity (Wildman–Crippen MR) is 102 cm³/mol. The van der Waals surface area contributed by atoms with E-state index in [-0.39, 0.29) is 28.1 Å². The summed E-state index contributed by atoms with van der Waals surface area (Å²) >= 11 is 12.8. The quantitative estimate of drug-likeness (QED) is 0.596. The van der Waals surface area contributed by atoms with Gasteiger partial charge in [-0.1, -0.05) is 17.7 Å². The van der Waals surface area contributed by atoms with Gasteiger partial charge in [-0.05, 0) is 37.6 Å². The van der Waals surface area contributed by atoms with Gasteiger partial charge in [0.15, 0.2) is 5.15 Å². The van der Waals surface area contributed by atoms with Crippen molar-refractivity contribution in [3.8, 4) is 28.6 Å². The molecular formula is C16H12Cl2N6O2S. The van der Waals surface area contributed by atoms with E-state index in [0.29, 0.717) is 22.5 Å². The molecule has 0 bridgehead atoms. The molecule has 0 aliphatic heterocycles. The minimum Gasteiger partial charge on any atom is -0.444 e. The van der Waals surface area contributed by atoms with Gasteiger partial charge in [-0.25, -0.2) is 0 Å². The fraction of sp³-hybridized carbons (Fsp3) is 0.188. The van der Waals surface area contributed by atoms with Gasteiger partial charge < -0.3 is 14.8 Å². The average molecular weight is 423 g/mol. The number of hydrogen-bond donors (Lipinski definition) is 1. The second kappa shape index (κ2) is 8.35. The van der Waals surface area contributed by atoms with Crippen LogP contribution in [-0.4, -0.2) is 25.4 Å². The van der Waals surface area contributed by atoms with E-state index in [2.05, 4.69) is 24.6 Å². The van der Waals surface area contributed by atoms with Crippen molar-refractivity contribution in [3.63, 3.8) is 0 Å². The molecule has 0 radical (unpaired) electrons. The highest BCUT2D eigenvalue weighted by Crippen LogP contribution is 2.35. The Labute approximate surface area is 168 Å². The third-order valence-corrected chi connectivity index (χ3v) is 4.23. The van der Waals surface area contributed by atoms with Crippen molar-refractivity contribution in [2.24, 2.45) is 0 Å². The van der Waals surface area contributed by atoms with Crippen LogP contribution < -0.4 is 14.8 Å². The maximum Gasteiger partial charge on any atom is 0.328 e. The lowest BCUT2D eigenvalue weighted by molar-refractivity contribution is 0.433. The normalized spacial score (nSPS) is 10.5. The van der Waals surface area contributed by atoms with Crippen molar-refractivity contribution >= 4 is 40.7 Å². The first-order chi connectivity index (χ1) is 12.9. The summed E-state index contributed by atoms with van der Waals surface area (Å²) < 4.78 is 15.2. The highest BCUT2D eigenvalue weighted by atomic mass is 35.5. The van der Waals surface area contributed by atoms with Crippen molar-refractivity contribution < 1.29 is 9.47 Å². The molecule has 3 aromatic rings. The summed E-state index contributed by atoms with van der Waals surface area (Å²) in [4.78, 5) is 12.1. The number of nitrogens with zero attached hydrogens (tertiary/aromatic N) is 5. The number of rotatable bonds is 6. The number of ether oxygens (including phenoxy) is 2. The Kier molecular flexibility index (Phi) is 5.91. The highest BCUT2D eigenvalue weighted by molar-refractivity contribution is 7.08. The summed E-state index contributed by atoms with van der Waals surface area (Å²) in [6, 6.07) is 8.85. The number of benzene rings is 1. The van der Waals surface area contributed by atoms with Gasteiger partial charge in [-0.2, -0.15) is 24.6 Å². The predicted octanol–water partition coefficient (Wildman–Crippen LogP) is 4.91. The minimum absolute atomic E-state index is 0.00789. The molecule has 0 saturated heterocycles. The molecule has 0 amide bonds. The maximum absolute atomic E-state index is 9.12. The summed E-state index contributed by atoms with van der Waals surface area (Å²) in [6.45, 7) is 3.89. The molecule has 0 aliphatic carbocycles. The first kappa shape index (κ1) is 19.1. The summed E-state index contributed by atoms with van der Waals surface area (Å²) in [7, 11) is 0. The van der Waals surface area contributed by atoms with Crippen molar-refractivity contribution in [1.29, 1.82) is 5.26 Å². The van der Waals surface area contributed by atoms with Crippen LogP contribution in [0, 0.1) is 11.3 Å². The Bertz CT molecular complexity index is 1000. The molecule has 0 fully saturated rings. The molecule has 0 unspecified atom stereocenters. The van der Waals surface area contributed by atoms with E-state index in [4.69, 9.17) is 37.9 Å². The molecule has 1 aromatic carbocycles. The lowest BCUT2D eigenvalue weighted by atomic mass is 10.3. The number of halogens is 2. The van der Waals surface area contributed by atoms with E-state index in [1.807, 2.05) is 19.9 Å². The van der Waals surface area contributed by atoms with Crippen LogP contribution in [0.3, 0.4) is 0 Å². The van der Waals surface area contributed by atoms with Gasteiger partial charge in [-0.15, -0.1) is 0 Å². The lowest BCUT2D eigenvalue weighted by Gasteiger charge is -2.10. The highest BCUT2D eigenvalue weighted by Gasteiger charge is 2.15. The first-order valence-corrected chi connectivity index (χ1v) is 9.16. The van der Waals surface area contributed by atoms with E-state index in [1.165, 1.54) is 0 Å². The van der Waals surface area contributed by atoms with Crippen LogP contribution in [-0.2, 0) is 0 Å². The van der Waals surface area contributed by atoms with Crippen LogP contribution in [0.5, 0.6) is 22.6 Å². The average Bonchev–Trinajstić information content (AvgIpc) is 2.93. The van der Waals surface area contributed by atoms with Gasteiger partial charge in [0.1, 0.15) is 23.1 Å². The van der Waals surface area contributed by atoms with E-state index in [9.17, 15) is 0 Å². The standard InChI is InChI=1S/C16H12Cl2N6O2S/c1-8(2)20-15-21-14(18)22-16(23-15)26-10-5-3-4-9(6-10)25-13-11(7-19)12(17)24-27-13/h3-6,8H,1-2H3,(H,20,21,22,23). The van der Waals surface area contributed by atoms with Gasteiger partial charge in [0, 0.05) is 23.6 Å². The van der Waals surface area contributed by atoms with Gasteiger partial charge >= 0.3 is 6.01 Å². The molecule has 2 aromatic heterocycles. The largest absolute Gasteiger partial charge is 0.444 e. The third kappa shape index (κ3) is 4.95. The monoisotopic (exact) mass is 422 g/mol. The van der Waals surface area contributed by atoms with Crippen LogP contribution in [0.2, 0.25) is 10.4 Å². The maximum atomic E-state index is 9.12. The second-order valence-electron chi connectivity index (χ2n) is 5.44. The first-order valence-electron chi connectivity index (χ1n) is 7.63. The third-order valence-electron chi connectivity index (χ3n) is 2.96. The Morgan fingerprint density at radius 2 is 1.89 bits per heavy atom. The van der Waals surface area contributed by atoms with Crippen molar-refractivity contribution in [2.45, 2.75) is 19.9 Å². The number of aromatic nitrogens is 4. The number of hydrogen-bond acceptors (Lipinski definition) is 9. The molecular weight excluding hydrogens is 411 g/mol. The van der Waals surface area contributed by atoms with Gasteiger partial charge in [0.25, 0.3) is 0 Å². The van der Waals surface area contributed by atoms with Crippen molar-refractivity contribution in [3.05, 3.63) is 40.3 Å². The molecule has 138 valence electrons. The Balaban J connectivity index is 1.80. The summed E-state index contributed by atoms with van der Waals surface area (Å²) in [5, 5.41) is 12.6. The fourth-order valence-corrected chi connectivity index (χ4v) is 2.99. The van der Waals surface area contributed by atoms with Crippen molar-refractivity contribution in [2.75, 3.05) is 5.32 Å². The van der Waals surface area contributed by atoms with Gasteiger partial charge in [0.2, 0.25) is 16.3 Å². The summed E-state index contributed by atoms with van der Waals surface area (Å²) in [5.74, 6) is 1.16. The zero-order valence-electron chi connectivity index (χ0n) is 14.1. The number of nitrogens with one attached hydrogen (secondary N) is 1. The molecule has 3 rings (SSSR count). The fourth-order valence-electron chi connectivity index (χ4n) is 1.93. The van der Waals surface area contributed by atoms with Gasteiger partial charge in [0.05, 0.1) is 0 Å². The molecule has 1 N–H and O–H groups in total. The van der Waals surface area contributed by atoms with Gasteiger partial charge in [-0.3, -0.25) is 0 Å². The van der Waals surface area contributed by atoms with E-state index in [0.717, 1.165) is 11.5 Å². The molecule has 11 heteroatoms. The Morgan fingerprint density at radius 1 is 1.15 bits per heavy atom.